The fourth-order valence-electron chi connectivity index (χ4n) is 2.43. The molecule has 0 saturated carbocycles. The second kappa shape index (κ2) is 5.00. The molecule has 100 valence electrons. The van der Waals surface area contributed by atoms with Crippen molar-refractivity contribution in [3.63, 3.8) is 0 Å². The van der Waals surface area contributed by atoms with Gasteiger partial charge in [0, 0.05) is 13.3 Å². The zero-order chi connectivity index (χ0) is 14.0. The van der Waals surface area contributed by atoms with Gasteiger partial charge >= 0.3 is 5.97 Å². The van der Waals surface area contributed by atoms with E-state index in [0.717, 1.165) is 17.6 Å². The topological polar surface area (TPSA) is 43.4 Å². The number of benzene rings is 1. The Hall–Kier alpha value is -1.90. The van der Waals surface area contributed by atoms with Crippen molar-refractivity contribution in [1.82, 2.24) is 0 Å². The van der Waals surface area contributed by atoms with E-state index in [-0.39, 0.29) is 17.2 Å². The number of carbonyl (C=O) groups excluding carboxylic acids is 2. The van der Waals surface area contributed by atoms with Crippen LogP contribution < -0.4 is 4.74 Å². The standard InChI is InChI=1S/C16H18O3/c1-11(17)19-15-6-4-12(5-7-15)13-8-14(18)10-16(2,3)9-13/h4-8H,9-10H2,1-3H3. The summed E-state index contributed by atoms with van der Waals surface area (Å²) >= 11 is 0. The van der Waals surface area contributed by atoms with Gasteiger partial charge in [-0.1, -0.05) is 26.0 Å². The molecular formula is C16H18O3. The Morgan fingerprint density at radius 2 is 1.79 bits per heavy atom. The summed E-state index contributed by atoms with van der Waals surface area (Å²) in [4.78, 5) is 22.6. The van der Waals surface area contributed by atoms with Gasteiger partial charge in [0.25, 0.3) is 0 Å². The number of esters is 1. The summed E-state index contributed by atoms with van der Waals surface area (Å²) in [5, 5.41) is 0. The van der Waals surface area contributed by atoms with Crippen molar-refractivity contribution in [3.05, 3.63) is 35.9 Å². The van der Waals surface area contributed by atoms with Crippen LogP contribution in [0.5, 0.6) is 5.75 Å². The summed E-state index contributed by atoms with van der Waals surface area (Å²) < 4.78 is 4.99. The summed E-state index contributed by atoms with van der Waals surface area (Å²) in [6, 6.07) is 7.28. The highest BCUT2D eigenvalue weighted by atomic mass is 16.5. The minimum atomic E-state index is -0.332. The Labute approximate surface area is 113 Å². The molecule has 1 aliphatic rings. The molecule has 0 spiro atoms. The van der Waals surface area contributed by atoms with E-state index >= 15 is 0 Å². The van der Waals surface area contributed by atoms with Gasteiger partial charge in [0.1, 0.15) is 5.75 Å². The van der Waals surface area contributed by atoms with Crippen molar-refractivity contribution >= 4 is 17.3 Å². The lowest BCUT2D eigenvalue weighted by Crippen LogP contribution is -2.21. The molecule has 0 saturated heterocycles. The van der Waals surface area contributed by atoms with Crippen LogP contribution in [0, 0.1) is 5.41 Å². The lowest BCUT2D eigenvalue weighted by atomic mass is 9.75. The maximum absolute atomic E-state index is 11.7. The quantitative estimate of drug-likeness (QED) is 0.603. The molecule has 0 atom stereocenters. The third-order valence-electron chi connectivity index (χ3n) is 3.14. The van der Waals surface area contributed by atoms with E-state index in [1.54, 1.807) is 18.2 Å². The normalized spacial score (nSPS) is 17.8. The first-order valence-corrected chi connectivity index (χ1v) is 6.38. The van der Waals surface area contributed by atoms with Crippen molar-refractivity contribution in [3.8, 4) is 5.75 Å². The van der Waals surface area contributed by atoms with Gasteiger partial charge in [0.05, 0.1) is 0 Å². The molecule has 2 rings (SSSR count). The first kappa shape index (κ1) is 13.5. The van der Waals surface area contributed by atoms with E-state index in [4.69, 9.17) is 4.74 Å². The van der Waals surface area contributed by atoms with E-state index in [2.05, 4.69) is 13.8 Å². The average molecular weight is 258 g/mol. The van der Waals surface area contributed by atoms with Gasteiger partial charge in [0.2, 0.25) is 0 Å². The molecule has 3 nitrogen and oxygen atoms in total. The van der Waals surface area contributed by atoms with Gasteiger partial charge in [-0.25, -0.2) is 0 Å². The first-order valence-electron chi connectivity index (χ1n) is 6.38. The fraction of sp³-hybridized carbons (Fsp3) is 0.375. The Balaban J connectivity index is 2.22. The van der Waals surface area contributed by atoms with Gasteiger partial charge in [-0.05, 0) is 41.2 Å². The van der Waals surface area contributed by atoms with Gasteiger partial charge in [-0.3, -0.25) is 9.59 Å². The van der Waals surface area contributed by atoms with E-state index in [1.807, 2.05) is 12.1 Å². The highest BCUT2D eigenvalue weighted by molar-refractivity contribution is 5.99. The lowest BCUT2D eigenvalue weighted by Gasteiger charge is -2.29. The predicted octanol–water partition coefficient (Wildman–Crippen LogP) is 3.38. The van der Waals surface area contributed by atoms with Crippen LogP contribution >= 0.6 is 0 Å². The van der Waals surface area contributed by atoms with Crippen molar-refractivity contribution < 1.29 is 14.3 Å². The van der Waals surface area contributed by atoms with E-state index < -0.39 is 0 Å². The van der Waals surface area contributed by atoms with Crippen LogP contribution in [0.2, 0.25) is 0 Å². The summed E-state index contributed by atoms with van der Waals surface area (Å²) in [5.41, 5.74) is 2.07. The zero-order valence-electron chi connectivity index (χ0n) is 11.5. The van der Waals surface area contributed by atoms with Gasteiger partial charge < -0.3 is 4.74 Å². The number of ketones is 1. The molecule has 1 aromatic rings. The van der Waals surface area contributed by atoms with Crippen LogP contribution in [-0.4, -0.2) is 11.8 Å². The number of ether oxygens (including phenoxy) is 1. The number of hydrogen-bond acceptors (Lipinski definition) is 3. The van der Waals surface area contributed by atoms with Crippen LogP contribution in [0.1, 0.15) is 39.2 Å². The largest absolute Gasteiger partial charge is 0.427 e. The molecule has 0 heterocycles. The van der Waals surface area contributed by atoms with Gasteiger partial charge in [-0.2, -0.15) is 0 Å². The molecule has 0 bridgehead atoms. The summed E-state index contributed by atoms with van der Waals surface area (Å²) in [6.45, 7) is 5.58. The number of allylic oxidation sites excluding steroid dienone is 2. The highest BCUT2D eigenvalue weighted by Crippen LogP contribution is 2.38. The van der Waals surface area contributed by atoms with E-state index in [0.29, 0.717) is 12.2 Å². The SMILES string of the molecule is CC(=O)Oc1ccc(C2=CC(=O)CC(C)(C)C2)cc1. The molecule has 0 aliphatic heterocycles. The second-order valence-electron chi connectivity index (χ2n) is 5.77. The van der Waals surface area contributed by atoms with Crippen molar-refractivity contribution in [2.24, 2.45) is 5.41 Å². The maximum Gasteiger partial charge on any atom is 0.308 e. The Morgan fingerprint density at radius 1 is 1.16 bits per heavy atom. The number of rotatable bonds is 2. The molecule has 19 heavy (non-hydrogen) atoms. The Bertz CT molecular complexity index is 536. The third kappa shape index (κ3) is 3.53. The van der Waals surface area contributed by atoms with Crippen LogP contribution in [0.4, 0.5) is 0 Å². The highest BCUT2D eigenvalue weighted by Gasteiger charge is 2.27. The maximum atomic E-state index is 11.7. The monoisotopic (exact) mass is 258 g/mol. The molecule has 0 radical (unpaired) electrons. The summed E-state index contributed by atoms with van der Waals surface area (Å²) in [5.74, 6) is 0.370. The summed E-state index contributed by atoms with van der Waals surface area (Å²) in [7, 11) is 0. The van der Waals surface area contributed by atoms with Crippen molar-refractivity contribution in [2.45, 2.75) is 33.6 Å². The smallest absolute Gasteiger partial charge is 0.308 e. The lowest BCUT2D eigenvalue weighted by molar-refractivity contribution is -0.131. The average Bonchev–Trinajstić information content (AvgIpc) is 2.26. The zero-order valence-corrected chi connectivity index (χ0v) is 11.5. The van der Waals surface area contributed by atoms with Crippen LogP contribution in [0.3, 0.4) is 0 Å². The minimum Gasteiger partial charge on any atom is -0.427 e. The number of carbonyl (C=O) groups is 2. The molecular weight excluding hydrogens is 240 g/mol. The Morgan fingerprint density at radius 3 is 2.32 bits per heavy atom. The van der Waals surface area contributed by atoms with Gasteiger partial charge in [0.15, 0.2) is 5.78 Å². The first-order chi connectivity index (χ1) is 8.85. The van der Waals surface area contributed by atoms with Crippen LogP contribution in [0.25, 0.3) is 5.57 Å². The predicted molar refractivity (Wildman–Crippen MR) is 73.8 cm³/mol. The van der Waals surface area contributed by atoms with Crippen LogP contribution in [-0.2, 0) is 9.59 Å². The van der Waals surface area contributed by atoms with E-state index in [9.17, 15) is 9.59 Å². The third-order valence-corrected chi connectivity index (χ3v) is 3.14. The molecule has 0 aromatic heterocycles. The summed E-state index contributed by atoms with van der Waals surface area (Å²) in [6.07, 6.45) is 3.21. The minimum absolute atomic E-state index is 0.00965. The van der Waals surface area contributed by atoms with Gasteiger partial charge in [-0.15, -0.1) is 0 Å². The molecule has 0 N–H and O–H groups in total. The molecule has 0 fully saturated rings. The molecule has 0 amide bonds. The van der Waals surface area contributed by atoms with E-state index in [1.165, 1.54) is 6.92 Å². The molecule has 1 aromatic carbocycles. The molecule has 0 unspecified atom stereocenters. The molecule has 1 aliphatic carbocycles. The van der Waals surface area contributed by atoms with Crippen molar-refractivity contribution in [1.29, 1.82) is 0 Å². The van der Waals surface area contributed by atoms with Crippen LogP contribution in [0.15, 0.2) is 30.3 Å². The van der Waals surface area contributed by atoms with Crippen molar-refractivity contribution in [2.75, 3.05) is 0 Å². The fourth-order valence-corrected chi connectivity index (χ4v) is 2.43. The molecule has 3 heteroatoms. The Kier molecular flexibility index (Phi) is 3.56. The second-order valence-corrected chi connectivity index (χ2v) is 5.77. The number of hydrogen-bond donors (Lipinski definition) is 0.